The van der Waals surface area contributed by atoms with Crippen molar-refractivity contribution < 1.29 is 4.39 Å². The van der Waals surface area contributed by atoms with E-state index in [0.29, 0.717) is 31.7 Å². The number of thiophene rings is 1. The summed E-state index contributed by atoms with van der Waals surface area (Å²) >= 11 is 7.28. The maximum atomic E-state index is 13.8. The summed E-state index contributed by atoms with van der Waals surface area (Å²) in [5.41, 5.74) is -0.176. The van der Waals surface area contributed by atoms with Crippen LogP contribution >= 0.6 is 22.9 Å². The zero-order valence-electron chi connectivity index (χ0n) is 15.5. The van der Waals surface area contributed by atoms with Crippen molar-refractivity contribution in [2.75, 3.05) is 0 Å². The molecule has 5 rings (SSSR count). The first-order valence-corrected chi connectivity index (χ1v) is 10.2. The minimum Gasteiger partial charge on any atom is -0.306 e. The molecule has 9 heteroatoms. The average molecular weight is 449 g/mol. The third-order valence-corrected chi connectivity index (χ3v) is 6.37. The number of nitrogens with one attached hydrogen (secondary N) is 1. The molecule has 5 aromatic rings. The molecule has 150 valence electrons. The predicted octanol–water partition coefficient (Wildman–Crippen LogP) is 4.62. The minimum atomic E-state index is -0.725. The molecule has 0 atom stereocenters. The normalized spacial score (nSPS) is 11.1. The van der Waals surface area contributed by atoms with E-state index in [1.165, 1.54) is 12.3 Å². The number of benzene rings is 2. The van der Waals surface area contributed by atoms with Crippen LogP contribution < -0.4 is 11.2 Å². The van der Waals surface area contributed by atoms with Gasteiger partial charge in [-0.15, -0.1) is 11.3 Å². The Morgan fingerprint density at radius 3 is 2.77 bits per heavy atom. The Morgan fingerprint density at radius 2 is 1.97 bits per heavy atom. The number of nitrogens with zero attached hydrogens (tertiary/aromatic N) is 3. The highest BCUT2D eigenvalue weighted by molar-refractivity contribution is 7.22. The lowest BCUT2D eigenvalue weighted by atomic mass is 10.1. The fourth-order valence-corrected chi connectivity index (χ4v) is 4.84. The summed E-state index contributed by atoms with van der Waals surface area (Å²) in [6.07, 6.45) is 3.12. The first kappa shape index (κ1) is 19.2. The molecular formula is C22H10ClFN4O2S. The predicted molar refractivity (Wildman–Crippen MR) is 118 cm³/mol. The van der Waals surface area contributed by atoms with Crippen molar-refractivity contribution in [2.45, 2.75) is 0 Å². The standard InChI is InChI=1S/C22H10ClFN4O2S/c23-15-6-16(24)12(8-25)5-14(15)19-7-17-20(31-19)21(29)28(22(30)27-17)18-10-26-9-11-3-1-2-4-13(11)18/h1-7,9-10H,(H,27,30). The lowest BCUT2D eigenvalue weighted by Gasteiger charge is -2.07. The van der Waals surface area contributed by atoms with Gasteiger partial charge in [0.05, 0.1) is 28.0 Å². The molecule has 0 radical (unpaired) electrons. The molecule has 0 unspecified atom stereocenters. The molecule has 2 aromatic carbocycles. The highest BCUT2D eigenvalue weighted by atomic mass is 35.5. The SMILES string of the molecule is N#Cc1cc(-c2cc3[nH]c(=O)n(-c4cncc5ccccc45)c(=O)c3s2)c(Cl)cc1F. The van der Waals surface area contributed by atoms with Crippen molar-refractivity contribution >= 4 is 43.9 Å². The van der Waals surface area contributed by atoms with Gasteiger partial charge in [-0.2, -0.15) is 5.26 Å². The van der Waals surface area contributed by atoms with Crippen molar-refractivity contribution in [1.82, 2.24) is 14.5 Å². The van der Waals surface area contributed by atoms with E-state index in [9.17, 15) is 14.0 Å². The van der Waals surface area contributed by atoms with Gasteiger partial charge in [0.25, 0.3) is 5.56 Å². The topological polar surface area (TPSA) is 91.5 Å². The third-order valence-electron chi connectivity index (χ3n) is 4.90. The molecule has 3 heterocycles. The number of H-pyrrole nitrogens is 1. The van der Waals surface area contributed by atoms with Crippen molar-refractivity contribution in [3.05, 3.63) is 92.1 Å². The zero-order valence-corrected chi connectivity index (χ0v) is 17.1. The molecule has 0 amide bonds. The second-order valence-electron chi connectivity index (χ2n) is 6.73. The lowest BCUT2D eigenvalue weighted by molar-refractivity contribution is 0.624. The van der Waals surface area contributed by atoms with E-state index in [1.54, 1.807) is 18.3 Å². The van der Waals surface area contributed by atoms with Crippen molar-refractivity contribution in [2.24, 2.45) is 0 Å². The molecule has 0 aliphatic heterocycles. The van der Waals surface area contributed by atoms with Gasteiger partial charge in [0.1, 0.15) is 16.6 Å². The van der Waals surface area contributed by atoms with Crippen LogP contribution in [-0.4, -0.2) is 14.5 Å². The van der Waals surface area contributed by atoms with Crippen LogP contribution in [0.3, 0.4) is 0 Å². The van der Waals surface area contributed by atoms with E-state index < -0.39 is 17.1 Å². The van der Waals surface area contributed by atoms with Gasteiger partial charge in [-0.1, -0.05) is 35.9 Å². The average Bonchev–Trinajstić information content (AvgIpc) is 3.18. The van der Waals surface area contributed by atoms with Gasteiger partial charge in [0.15, 0.2) is 0 Å². The third kappa shape index (κ3) is 3.03. The van der Waals surface area contributed by atoms with E-state index in [-0.39, 0.29) is 10.6 Å². The fraction of sp³-hybridized carbons (Fsp3) is 0. The maximum absolute atomic E-state index is 13.8. The highest BCUT2D eigenvalue weighted by Gasteiger charge is 2.18. The highest BCUT2D eigenvalue weighted by Crippen LogP contribution is 2.36. The van der Waals surface area contributed by atoms with E-state index in [2.05, 4.69) is 9.97 Å². The molecule has 3 aromatic heterocycles. The molecule has 1 N–H and O–H groups in total. The monoisotopic (exact) mass is 448 g/mol. The van der Waals surface area contributed by atoms with Gasteiger partial charge in [-0.25, -0.2) is 13.8 Å². The Hall–Kier alpha value is -3.80. The number of hydrogen-bond donors (Lipinski definition) is 1. The van der Waals surface area contributed by atoms with Crippen LogP contribution in [0.15, 0.2) is 64.4 Å². The largest absolute Gasteiger partial charge is 0.333 e. The molecule has 0 spiro atoms. The van der Waals surface area contributed by atoms with Crippen LogP contribution in [-0.2, 0) is 0 Å². The van der Waals surface area contributed by atoms with E-state index in [1.807, 2.05) is 24.3 Å². The van der Waals surface area contributed by atoms with Crippen molar-refractivity contribution in [1.29, 1.82) is 5.26 Å². The molecule has 0 saturated heterocycles. The molecule has 0 aliphatic rings. The van der Waals surface area contributed by atoms with Crippen LogP contribution in [0.2, 0.25) is 5.02 Å². The second-order valence-corrected chi connectivity index (χ2v) is 8.19. The molecule has 6 nitrogen and oxygen atoms in total. The van der Waals surface area contributed by atoms with Crippen LogP contribution in [0, 0.1) is 17.1 Å². The molecule has 0 bridgehead atoms. The number of aromatic amines is 1. The van der Waals surface area contributed by atoms with E-state index in [4.69, 9.17) is 16.9 Å². The zero-order chi connectivity index (χ0) is 21.7. The number of hydrogen-bond acceptors (Lipinski definition) is 5. The number of aromatic nitrogens is 3. The molecule has 0 fully saturated rings. The lowest BCUT2D eigenvalue weighted by Crippen LogP contribution is -2.33. The van der Waals surface area contributed by atoms with Gasteiger partial charge in [-0.05, 0) is 18.2 Å². The number of nitriles is 1. The van der Waals surface area contributed by atoms with Crippen LogP contribution in [0.5, 0.6) is 0 Å². The van der Waals surface area contributed by atoms with Gasteiger partial charge in [0, 0.05) is 27.4 Å². The first-order chi connectivity index (χ1) is 15.0. The molecule has 0 saturated carbocycles. The number of pyridine rings is 1. The number of fused-ring (bicyclic) bond motifs is 2. The van der Waals surface area contributed by atoms with Gasteiger partial charge >= 0.3 is 5.69 Å². The summed E-state index contributed by atoms with van der Waals surface area (Å²) < 4.78 is 15.2. The molecular weight excluding hydrogens is 439 g/mol. The van der Waals surface area contributed by atoms with Gasteiger partial charge < -0.3 is 4.98 Å². The van der Waals surface area contributed by atoms with Crippen LogP contribution in [0.4, 0.5) is 4.39 Å². The number of rotatable bonds is 2. The van der Waals surface area contributed by atoms with E-state index >= 15 is 0 Å². The second kappa shape index (κ2) is 7.16. The van der Waals surface area contributed by atoms with E-state index in [0.717, 1.165) is 27.4 Å². The summed E-state index contributed by atoms with van der Waals surface area (Å²) in [4.78, 5) is 33.5. The molecule has 0 aliphatic carbocycles. The maximum Gasteiger partial charge on any atom is 0.333 e. The Kier molecular flexibility index (Phi) is 4.43. The Labute approximate surface area is 182 Å². The minimum absolute atomic E-state index is 0.101. The fourth-order valence-electron chi connectivity index (χ4n) is 3.46. The first-order valence-electron chi connectivity index (χ1n) is 8.99. The Bertz CT molecular complexity index is 1670. The number of halogens is 2. The molecule has 31 heavy (non-hydrogen) atoms. The Balaban J connectivity index is 1.78. The van der Waals surface area contributed by atoms with Gasteiger partial charge in [-0.3, -0.25) is 9.78 Å². The summed E-state index contributed by atoms with van der Waals surface area (Å²) in [7, 11) is 0. The summed E-state index contributed by atoms with van der Waals surface area (Å²) in [5, 5.41) is 10.7. The quantitative estimate of drug-likeness (QED) is 0.426. The smallest absolute Gasteiger partial charge is 0.306 e. The van der Waals surface area contributed by atoms with Crippen molar-refractivity contribution in [3.8, 4) is 22.2 Å². The van der Waals surface area contributed by atoms with Crippen molar-refractivity contribution in [3.63, 3.8) is 0 Å². The Morgan fingerprint density at radius 1 is 1.16 bits per heavy atom. The summed E-state index contributed by atoms with van der Waals surface area (Å²) in [5.74, 6) is -0.725. The van der Waals surface area contributed by atoms with Crippen LogP contribution in [0.1, 0.15) is 5.56 Å². The van der Waals surface area contributed by atoms with Gasteiger partial charge in [0.2, 0.25) is 0 Å². The summed E-state index contributed by atoms with van der Waals surface area (Å²) in [6, 6.07) is 13.1. The summed E-state index contributed by atoms with van der Waals surface area (Å²) in [6.45, 7) is 0. The van der Waals surface area contributed by atoms with Crippen LogP contribution in [0.25, 0.3) is 37.1 Å².